The van der Waals surface area contributed by atoms with E-state index < -0.39 is 20.5 Å². The maximum absolute atomic E-state index is 13.2. The van der Waals surface area contributed by atoms with Crippen LogP contribution in [0.1, 0.15) is 25.5 Å². The average molecular weight is 391 g/mol. The predicted molar refractivity (Wildman–Crippen MR) is 96.7 cm³/mol. The van der Waals surface area contributed by atoms with Crippen molar-refractivity contribution in [1.29, 1.82) is 0 Å². The highest BCUT2D eigenvalue weighted by Gasteiger charge is 2.52. The van der Waals surface area contributed by atoms with Crippen molar-refractivity contribution in [2.45, 2.75) is 35.8 Å². The van der Waals surface area contributed by atoms with Crippen molar-refractivity contribution in [2.75, 3.05) is 13.2 Å². The fourth-order valence-electron chi connectivity index (χ4n) is 3.14. The minimum atomic E-state index is -4.03. The van der Waals surface area contributed by atoms with Gasteiger partial charge in [0, 0.05) is 25.0 Å². The molecule has 0 radical (unpaired) electrons. The summed E-state index contributed by atoms with van der Waals surface area (Å²) in [7, 11) is -4.03. The summed E-state index contributed by atoms with van der Waals surface area (Å²) < 4.78 is 29.8. The quantitative estimate of drug-likeness (QED) is 0.586. The van der Waals surface area contributed by atoms with E-state index in [0.717, 1.165) is 17.7 Å². The Labute approximate surface area is 157 Å². The number of nitrogens with one attached hydrogen (secondary N) is 1. The van der Waals surface area contributed by atoms with Gasteiger partial charge in [-0.3, -0.25) is 20.0 Å². The lowest BCUT2D eigenvalue weighted by Gasteiger charge is -2.34. The van der Waals surface area contributed by atoms with E-state index in [1.165, 1.54) is 17.6 Å². The molecule has 144 valence electrons. The summed E-state index contributed by atoms with van der Waals surface area (Å²) in [5.74, 6) is -0.934. The molecule has 1 aromatic heterocycles. The molecule has 0 aliphatic carbocycles. The highest BCUT2D eigenvalue weighted by molar-refractivity contribution is 7.93. The number of hydrogen-bond donors (Lipinski definition) is 2. The van der Waals surface area contributed by atoms with Crippen molar-refractivity contribution >= 4 is 15.7 Å². The molecule has 0 unspecified atom stereocenters. The number of hydrogen-bond acceptors (Lipinski definition) is 7. The molecule has 3 rings (SSSR count). The van der Waals surface area contributed by atoms with Crippen LogP contribution in [0.2, 0.25) is 0 Å². The number of amides is 1. The van der Waals surface area contributed by atoms with Crippen molar-refractivity contribution in [3.05, 3.63) is 42.4 Å². The first kappa shape index (κ1) is 19.4. The van der Waals surface area contributed by atoms with Crippen LogP contribution >= 0.6 is 0 Å². The van der Waals surface area contributed by atoms with Crippen molar-refractivity contribution in [3.8, 4) is 11.3 Å². The van der Waals surface area contributed by atoms with E-state index >= 15 is 0 Å². The van der Waals surface area contributed by atoms with Crippen LogP contribution in [0.3, 0.4) is 0 Å². The number of ether oxygens (including phenoxy) is 1. The van der Waals surface area contributed by atoms with Gasteiger partial charge in [-0.1, -0.05) is 19.1 Å². The van der Waals surface area contributed by atoms with Crippen LogP contribution in [0, 0.1) is 0 Å². The number of benzene rings is 1. The summed E-state index contributed by atoms with van der Waals surface area (Å²) in [6.45, 7) is 2.24. The van der Waals surface area contributed by atoms with E-state index in [9.17, 15) is 13.2 Å². The fraction of sp³-hybridized carbons (Fsp3) is 0.389. The first-order valence-electron chi connectivity index (χ1n) is 8.63. The second-order valence-electron chi connectivity index (χ2n) is 6.32. The molecule has 1 aromatic carbocycles. The lowest BCUT2D eigenvalue weighted by atomic mass is 9.98. The van der Waals surface area contributed by atoms with Crippen molar-refractivity contribution in [1.82, 2.24) is 15.4 Å². The monoisotopic (exact) mass is 391 g/mol. The number of aromatic nitrogens is 2. The lowest BCUT2D eigenvalue weighted by molar-refractivity contribution is -0.134. The second kappa shape index (κ2) is 7.71. The Hall–Kier alpha value is -2.36. The van der Waals surface area contributed by atoms with E-state index in [-0.39, 0.29) is 31.0 Å². The topological polar surface area (TPSA) is 118 Å². The third kappa shape index (κ3) is 3.45. The molecular formula is C18H21N3O5S. The van der Waals surface area contributed by atoms with Gasteiger partial charge >= 0.3 is 0 Å². The smallest absolute Gasteiger partial charge is 0.265 e. The standard InChI is InChI=1S/C18H21N3O5S/c1-2-14-11-20-16(12-19-14)13-3-5-15(6-4-13)27(24,25)18(17(22)21-23)7-9-26-10-8-18/h3-6,11-12,23H,2,7-10H2,1H3,(H,21,22). The zero-order valence-corrected chi connectivity index (χ0v) is 15.7. The summed E-state index contributed by atoms with van der Waals surface area (Å²) in [4.78, 5) is 20.9. The molecule has 1 saturated heterocycles. The molecule has 0 spiro atoms. The highest BCUT2D eigenvalue weighted by Crippen LogP contribution is 2.35. The Balaban J connectivity index is 1.95. The molecular weight excluding hydrogens is 370 g/mol. The Bertz CT molecular complexity index is 905. The van der Waals surface area contributed by atoms with Gasteiger partial charge < -0.3 is 4.74 Å². The van der Waals surface area contributed by atoms with Crippen LogP contribution in [-0.2, 0) is 25.8 Å². The molecule has 1 aliphatic heterocycles. The van der Waals surface area contributed by atoms with Crippen molar-refractivity contribution < 1.29 is 23.2 Å². The van der Waals surface area contributed by atoms with Crippen LogP contribution in [0.5, 0.6) is 0 Å². The first-order valence-corrected chi connectivity index (χ1v) is 10.1. The van der Waals surface area contributed by atoms with Crippen LogP contribution < -0.4 is 5.48 Å². The maximum atomic E-state index is 13.2. The third-order valence-corrected chi connectivity index (χ3v) is 7.37. The molecule has 2 heterocycles. The number of carbonyl (C=O) groups excluding carboxylic acids is 1. The van der Waals surface area contributed by atoms with Gasteiger partial charge in [0.25, 0.3) is 5.91 Å². The van der Waals surface area contributed by atoms with Gasteiger partial charge in [-0.05, 0) is 31.4 Å². The average Bonchev–Trinajstić information content (AvgIpc) is 2.73. The lowest BCUT2D eigenvalue weighted by Crippen LogP contribution is -2.54. The number of aryl methyl sites for hydroxylation is 1. The van der Waals surface area contributed by atoms with E-state index in [2.05, 4.69) is 9.97 Å². The Kier molecular flexibility index (Phi) is 5.54. The largest absolute Gasteiger partial charge is 0.381 e. The SMILES string of the molecule is CCc1cnc(-c2ccc(S(=O)(=O)C3(C(=O)NO)CCOCC3)cc2)cn1. The Morgan fingerprint density at radius 1 is 1.19 bits per heavy atom. The number of nitrogens with zero attached hydrogens (tertiary/aromatic N) is 2. The predicted octanol–water partition coefficient (Wildman–Crippen LogP) is 1.53. The number of hydroxylamine groups is 1. The van der Waals surface area contributed by atoms with Gasteiger partial charge in [0.05, 0.1) is 22.5 Å². The maximum Gasteiger partial charge on any atom is 0.265 e. The summed E-state index contributed by atoms with van der Waals surface area (Å²) >= 11 is 0. The molecule has 0 saturated carbocycles. The van der Waals surface area contributed by atoms with Crippen LogP contribution in [0.25, 0.3) is 11.3 Å². The van der Waals surface area contributed by atoms with E-state index in [0.29, 0.717) is 5.69 Å². The minimum absolute atomic E-state index is 0.00916. The normalized spacial score (nSPS) is 16.7. The zero-order valence-electron chi connectivity index (χ0n) is 14.9. The summed E-state index contributed by atoms with van der Waals surface area (Å²) in [6.07, 6.45) is 4.06. The fourth-order valence-corrected chi connectivity index (χ4v) is 5.08. The summed E-state index contributed by atoms with van der Waals surface area (Å²) in [5.41, 5.74) is 3.73. The Morgan fingerprint density at radius 2 is 1.85 bits per heavy atom. The molecule has 1 amide bonds. The van der Waals surface area contributed by atoms with Crippen molar-refractivity contribution in [3.63, 3.8) is 0 Å². The van der Waals surface area contributed by atoms with Gasteiger partial charge in [-0.15, -0.1) is 0 Å². The number of carbonyl (C=O) groups is 1. The van der Waals surface area contributed by atoms with E-state index in [1.54, 1.807) is 24.5 Å². The van der Waals surface area contributed by atoms with Gasteiger partial charge in [-0.2, -0.15) is 0 Å². The molecule has 2 N–H and O–H groups in total. The molecule has 1 aliphatic rings. The van der Waals surface area contributed by atoms with Crippen molar-refractivity contribution in [2.24, 2.45) is 0 Å². The van der Waals surface area contributed by atoms with E-state index in [1.807, 2.05) is 6.92 Å². The minimum Gasteiger partial charge on any atom is -0.381 e. The van der Waals surface area contributed by atoms with Gasteiger partial charge in [0.1, 0.15) is 0 Å². The van der Waals surface area contributed by atoms with Gasteiger partial charge in [-0.25, -0.2) is 13.9 Å². The Morgan fingerprint density at radius 3 is 2.37 bits per heavy atom. The third-order valence-electron chi connectivity index (χ3n) is 4.86. The first-order chi connectivity index (χ1) is 12.9. The second-order valence-corrected chi connectivity index (χ2v) is 8.58. The molecule has 1 fully saturated rings. The molecule has 0 atom stereocenters. The molecule has 2 aromatic rings. The molecule has 9 heteroatoms. The van der Waals surface area contributed by atoms with Crippen LogP contribution in [-0.4, -0.2) is 47.5 Å². The summed E-state index contributed by atoms with van der Waals surface area (Å²) in [6, 6.07) is 6.16. The highest BCUT2D eigenvalue weighted by atomic mass is 32.2. The van der Waals surface area contributed by atoms with Crippen LogP contribution in [0.4, 0.5) is 0 Å². The molecule has 27 heavy (non-hydrogen) atoms. The number of rotatable bonds is 5. The van der Waals surface area contributed by atoms with E-state index in [4.69, 9.17) is 9.94 Å². The molecule has 0 bridgehead atoms. The molecule has 8 nitrogen and oxygen atoms in total. The van der Waals surface area contributed by atoms with Gasteiger partial charge in [0.2, 0.25) is 0 Å². The zero-order chi connectivity index (χ0) is 19.5. The summed E-state index contributed by atoms with van der Waals surface area (Å²) in [5, 5.41) is 9.08. The van der Waals surface area contributed by atoms with Crippen LogP contribution in [0.15, 0.2) is 41.6 Å². The van der Waals surface area contributed by atoms with Gasteiger partial charge in [0.15, 0.2) is 14.6 Å². The number of sulfone groups is 1.